The van der Waals surface area contributed by atoms with Crippen molar-refractivity contribution in [3.63, 3.8) is 0 Å². The average molecular weight is 300 g/mol. The lowest BCUT2D eigenvalue weighted by molar-refractivity contribution is -0.384. The lowest BCUT2D eigenvalue weighted by atomic mass is 10.1. The fourth-order valence-corrected chi connectivity index (χ4v) is 2.26. The summed E-state index contributed by atoms with van der Waals surface area (Å²) < 4.78 is 1.50. The summed E-state index contributed by atoms with van der Waals surface area (Å²) >= 11 is 0. The van der Waals surface area contributed by atoms with Crippen molar-refractivity contribution < 1.29 is 4.92 Å². The Morgan fingerprint density at radius 1 is 1.36 bits per heavy atom. The van der Waals surface area contributed by atoms with Crippen LogP contribution in [0.3, 0.4) is 0 Å². The quantitative estimate of drug-likeness (QED) is 0.381. The number of hydrogen-bond acceptors (Lipinski definition) is 4. The number of non-ortho nitro benzene ring substituents is 1. The minimum atomic E-state index is -0.476. The smallest absolute Gasteiger partial charge is 0.270 e. The molecule has 22 heavy (non-hydrogen) atoms. The number of nitrogens with zero attached hydrogens (tertiary/aromatic N) is 2. The first-order chi connectivity index (χ1) is 10.5. The lowest BCUT2D eigenvalue weighted by Gasteiger charge is -2.13. The molecule has 7 heteroatoms. The van der Waals surface area contributed by atoms with Crippen molar-refractivity contribution in [3.8, 4) is 11.3 Å². The third-order valence-electron chi connectivity index (χ3n) is 3.26. The number of amidine groups is 1. The Bertz CT molecular complexity index is 796. The highest BCUT2D eigenvalue weighted by Gasteiger charge is 2.14. The maximum absolute atomic E-state index is 12.4. The highest BCUT2D eigenvalue weighted by Crippen LogP contribution is 2.23. The maximum atomic E-state index is 12.4. The Balaban J connectivity index is 2.67. The molecule has 2 aromatic rings. The summed E-state index contributed by atoms with van der Waals surface area (Å²) in [6.07, 6.45) is 0.711. The van der Waals surface area contributed by atoms with Crippen LogP contribution in [0.25, 0.3) is 11.3 Å². The van der Waals surface area contributed by atoms with Crippen LogP contribution < -0.4 is 11.3 Å². The maximum Gasteiger partial charge on any atom is 0.270 e. The zero-order valence-corrected chi connectivity index (χ0v) is 12.1. The monoisotopic (exact) mass is 300 g/mol. The largest absolute Gasteiger partial charge is 0.384 e. The highest BCUT2D eigenvalue weighted by molar-refractivity contribution is 5.94. The molecular weight excluding hydrogens is 284 g/mol. The molecule has 0 aliphatic rings. The molecule has 1 aromatic carbocycles. The van der Waals surface area contributed by atoms with E-state index >= 15 is 0 Å². The Morgan fingerprint density at radius 2 is 2.09 bits per heavy atom. The van der Waals surface area contributed by atoms with E-state index < -0.39 is 4.92 Å². The van der Waals surface area contributed by atoms with E-state index in [1.165, 1.54) is 22.8 Å². The van der Waals surface area contributed by atoms with Gasteiger partial charge in [-0.1, -0.05) is 19.1 Å². The van der Waals surface area contributed by atoms with Crippen molar-refractivity contribution in [2.45, 2.75) is 19.9 Å². The predicted octanol–water partition coefficient (Wildman–Crippen LogP) is 2.12. The highest BCUT2D eigenvalue weighted by atomic mass is 16.6. The van der Waals surface area contributed by atoms with Crippen LogP contribution in [-0.4, -0.2) is 15.3 Å². The van der Waals surface area contributed by atoms with E-state index in [1.54, 1.807) is 18.2 Å². The van der Waals surface area contributed by atoms with Crippen molar-refractivity contribution in [3.05, 3.63) is 62.4 Å². The molecule has 0 radical (unpaired) electrons. The summed E-state index contributed by atoms with van der Waals surface area (Å²) in [6, 6.07) is 9.25. The van der Waals surface area contributed by atoms with Gasteiger partial charge in [-0.15, -0.1) is 0 Å². The Kier molecular flexibility index (Phi) is 4.36. The molecule has 0 saturated heterocycles. The van der Waals surface area contributed by atoms with Gasteiger partial charge in [0.2, 0.25) is 0 Å². The van der Waals surface area contributed by atoms with Gasteiger partial charge in [0.05, 0.1) is 16.2 Å². The Hall–Kier alpha value is -2.96. The molecule has 0 aliphatic heterocycles. The van der Waals surface area contributed by atoms with E-state index in [0.717, 1.165) is 0 Å². The molecule has 0 fully saturated rings. The molecule has 0 spiro atoms. The molecule has 0 amide bonds. The van der Waals surface area contributed by atoms with E-state index in [0.29, 0.717) is 24.2 Å². The fourth-order valence-electron chi connectivity index (χ4n) is 2.26. The number of pyridine rings is 1. The molecule has 0 saturated carbocycles. The number of rotatable bonds is 5. The van der Waals surface area contributed by atoms with Crippen molar-refractivity contribution in [1.29, 1.82) is 5.41 Å². The summed E-state index contributed by atoms with van der Waals surface area (Å²) in [5, 5.41) is 18.3. The Labute approximate surface area is 126 Å². The summed E-state index contributed by atoms with van der Waals surface area (Å²) in [5.74, 6) is -0.291. The summed E-state index contributed by atoms with van der Waals surface area (Å²) in [6.45, 7) is 2.36. The van der Waals surface area contributed by atoms with Crippen LogP contribution in [0.4, 0.5) is 5.69 Å². The third-order valence-corrected chi connectivity index (χ3v) is 3.26. The molecule has 1 aromatic heterocycles. The molecule has 7 nitrogen and oxygen atoms in total. The van der Waals surface area contributed by atoms with Gasteiger partial charge in [-0.05, 0) is 18.6 Å². The van der Waals surface area contributed by atoms with Crippen molar-refractivity contribution in [1.82, 2.24) is 4.57 Å². The van der Waals surface area contributed by atoms with Gasteiger partial charge in [0, 0.05) is 24.2 Å². The summed E-state index contributed by atoms with van der Waals surface area (Å²) in [7, 11) is 0. The van der Waals surface area contributed by atoms with Gasteiger partial charge in [0.1, 0.15) is 5.84 Å². The average Bonchev–Trinajstić information content (AvgIpc) is 2.49. The van der Waals surface area contributed by atoms with Gasteiger partial charge >= 0.3 is 0 Å². The molecule has 0 aliphatic carbocycles. The van der Waals surface area contributed by atoms with Gasteiger partial charge in [0.15, 0.2) is 0 Å². The van der Waals surface area contributed by atoms with Crippen LogP contribution in [0.2, 0.25) is 0 Å². The van der Waals surface area contributed by atoms with E-state index in [9.17, 15) is 14.9 Å². The van der Waals surface area contributed by atoms with E-state index in [2.05, 4.69) is 0 Å². The van der Waals surface area contributed by atoms with Gasteiger partial charge in [-0.2, -0.15) is 0 Å². The first kappa shape index (κ1) is 15.4. The van der Waals surface area contributed by atoms with Crippen molar-refractivity contribution in [2.75, 3.05) is 0 Å². The third kappa shape index (κ3) is 2.88. The second-order valence-corrected chi connectivity index (χ2v) is 4.81. The topological polar surface area (TPSA) is 115 Å². The molecule has 0 unspecified atom stereocenters. The fraction of sp³-hybridized carbons (Fsp3) is 0.200. The zero-order valence-electron chi connectivity index (χ0n) is 12.1. The number of nitro groups is 1. The minimum absolute atomic E-state index is 0.0383. The summed E-state index contributed by atoms with van der Waals surface area (Å²) in [4.78, 5) is 22.8. The van der Waals surface area contributed by atoms with E-state index in [-0.39, 0.29) is 22.6 Å². The molecule has 1 heterocycles. The predicted molar refractivity (Wildman–Crippen MR) is 84.1 cm³/mol. The molecule has 114 valence electrons. The van der Waals surface area contributed by atoms with E-state index in [1.807, 2.05) is 6.92 Å². The number of nitrogen functional groups attached to an aromatic ring is 1. The van der Waals surface area contributed by atoms with Crippen LogP contribution in [0.5, 0.6) is 0 Å². The minimum Gasteiger partial charge on any atom is -0.384 e. The number of benzene rings is 1. The first-order valence-corrected chi connectivity index (χ1v) is 6.78. The van der Waals surface area contributed by atoms with Gasteiger partial charge in [-0.3, -0.25) is 20.3 Å². The van der Waals surface area contributed by atoms with Crippen LogP contribution >= 0.6 is 0 Å². The van der Waals surface area contributed by atoms with E-state index in [4.69, 9.17) is 11.1 Å². The SMILES string of the molecule is CCCn1c(-c2cccc([N+](=O)[O-])c2)ccc(C(=N)N)c1=O. The number of nitrogens with two attached hydrogens (primary N) is 1. The normalized spacial score (nSPS) is 10.4. The molecule has 3 N–H and O–H groups in total. The molecular formula is C15H16N4O3. The van der Waals surface area contributed by atoms with Gasteiger partial charge in [0.25, 0.3) is 11.2 Å². The number of nitrogens with one attached hydrogen (secondary N) is 1. The number of hydrogen-bond donors (Lipinski definition) is 2. The first-order valence-electron chi connectivity index (χ1n) is 6.78. The van der Waals surface area contributed by atoms with Gasteiger partial charge < -0.3 is 10.3 Å². The lowest BCUT2D eigenvalue weighted by Crippen LogP contribution is -2.30. The second-order valence-electron chi connectivity index (χ2n) is 4.81. The molecule has 2 rings (SSSR count). The van der Waals surface area contributed by atoms with Gasteiger partial charge in [-0.25, -0.2) is 0 Å². The molecule has 0 bridgehead atoms. The van der Waals surface area contributed by atoms with Crippen LogP contribution in [0.15, 0.2) is 41.2 Å². The second kappa shape index (κ2) is 6.21. The number of nitro benzene ring substituents is 1. The van der Waals surface area contributed by atoms with Crippen LogP contribution in [0, 0.1) is 15.5 Å². The molecule has 0 atom stereocenters. The van der Waals surface area contributed by atoms with Crippen molar-refractivity contribution >= 4 is 11.5 Å². The van der Waals surface area contributed by atoms with Crippen LogP contribution in [-0.2, 0) is 6.54 Å². The number of aromatic nitrogens is 1. The van der Waals surface area contributed by atoms with Crippen molar-refractivity contribution in [2.24, 2.45) is 5.73 Å². The zero-order chi connectivity index (χ0) is 16.3. The Morgan fingerprint density at radius 3 is 2.68 bits per heavy atom. The summed E-state index contributed by atoms with van der Waals surface area (Å²) in [5.41, 5.74) is 6.29. The van der Waals surface area contributed by atoms with Crippen LogP contribution in [0.1, 0.15) is 18.9 Å². The standard InChI is InChI=1S/C15H16N4O3/c1-2-8-18-13(7-6-12(14(16)17)15(18)20)10-4-3-5-11(9-10)19(21)22/h3-7,9H,2,8H2,1H3,(H3,16,17).